The minimum Gasteiger partial charge on any atom is -0.319 e. The van der Waals surface area contributed by atoms with Gasteiger partial charge < -0.3 is 5.32 Å². The van der Waals surface area contributed by atoms with Crippen LogP contribution >= 0.6 is 0 Å². The average molecular weight is 400 g/mol. The third-order valence-corrected chi connectivity index (χ3v) is 4.80. The van der Waals surface area contributed by atoms with E-state index in [1.54, 1.807) is 4.68 Å². The SMILES string of the molecule is Cc1ccccc1-n1nc(C(=O)Nc2ccc(F)cc2)nc1CCc1ccccc1. The quantitative estimate of drug-likeness (QED) is 0.508. The standard InChI is InChI=1S/C24H21FN4O/c1-17-7-5-6-10-21(17)29-22(16-11-18-8-3-2-4-9-18)27-23(28-29)24(30)26-20-14-12-19(25)13-15-20/h2-10,12-15H,11,16H2,1H3,(H,26,30). The van der Waals surface area contributed by atoms with Gasteiger partial charge in [0.15, 0.2) is 0 Å². The van der Waals surface area contributed by atoms with Crippen LogP contribution in [0.2, 0.25) is 0 Å². The Morgan fingerprint density at radius 3 is 2.37 bits per heavy atom. The summed E-state index contributed by atoms with van der Waals surface area (Å²) in [5.74, 6) is -0.0175. The number of nitrogens with zero attached hydrogens (tertiary/aromatic N) is 3. The Morgan fingerprint density at radius 2 is 1.63 bits per heavy atom. The number of amides is 1. The zero-order chi connectivity index (χ0) is 20.9. The van der Waals surface area contributed by atoms with E-state index in [-0.39, 0.29) is 11.6 Å². The lowest BCUT2D eigenvalue weighted by molar-refractivity contribution is 0.101. The van der Waals surface area contributed by atoms with Crippen molar-refractivity contribution in [1.82, 2.24) is 14.8 Å². The van der Waals surface area contributed by atoms with Crippen molar-refractivity contribution in [2.75, 3.05) is 5.32 Å². The highest BCUT2D eigenvalue weighted by Gasteiger charge is 2.18. The Hall–Kier alpha value is -3.80. The molecule has 1 amide bonds. The molecule has 0 unspecified atom stereocenters. The number of benzene rings is 3. The van der Waals surface area contributed by atoms with Gasteiger partial charge in [0.2, 0.25) is 5.82 Å². The molecule has 30 heavy (non-hydrogen) atoms. The minimum atomic E-state index is -0.435. The number of aromatic nitrogens is 3. The molecule has 1 N–H and O–H groups in total. The summed E-state index contributed by atoms with van der Waals surface area (Å²) in [7, 11) is 0. The number of aryl methyl sites for hydroxylation is 3. The van der Waals surface area contributed by atoms with E-state index in [2.05, 4.69) is 27.5 Å². The van der Waals surface area contributed by atoms with E-state index in [0.29, 0.717) is 17.9 Å². The Kier molecular flexibility index (Phi) is 5.66. The van der Waals surface area contributed by atoms with E-state index in [0.717, 1.165) is 17.7 Å². The van der Waals surface area contributed by atoms with Gasteiger partial charge in [0.25, 0.3) is 5.91 Å². The summed E-state index contributed by atoms with van der Waals surface area (Å²) in [6, 6.07) is 23.6. The van der Waals surface area contributed by atoms with Crippen molar-refractivity contribution in [3.63, 3.8) is 0 Å². The second-order valence-corrected chi connectivity index (χ2v) is 7.00. The Morgan fingerprint density at radius 1 is 0.933 bits per heavy atom. The van der Waals surface area contributed by atoms with Crippen LogP contribution in [0.4, 0.5) is 10.1 Å². The van der Waals surface area contributed by atoms with E-state index in [9.17, 15) is 9.18 Å². The Balaban J connectivity index is 1.63. The first kappa shape index (κ1) is 19.5. The molecule has 4 aromatic rings. The van der Waals surface area contributed by atoms with E-state index in [4.69, 9.17) is 0 Å². The molecule has 0 aliphatic rings. The van der Waals surface area contributed by atoms with E-state index < -0.39 is 5.91 Å². The van der Waals surface area contributed by atoms with Crippen LogP contribution in [0.15, 0.2) is 78.9 Å². The summed E-state index contributed by atoms with van der Waals surface area (Å²) in [6.07, 6.45) is 1.42. The van der Waals surface area contributed by atoms with Crippen molar-refractivity contribution in [1.29, 1.82) is 0 Å². The topological polar surface area (TPSA) is 59.8 Å². The molecule has 0 aliphatic heterocycles. The zero-order valence-corrected chi connectivity index (χ0v) is 16.5. The first-order valence-electron chi connectivity index (χ1n) is 9.73. The number of carbonyl (C=O) groups excluding carboxylic acids is 1. The molecule has 4 rings (SSSR count). The predicted octanol–water partition coefficient (Wildman–Crippen LogP) is 4.75. The van der Waals surface area contributed by atoms with Gasteiger partial charge in [0, 0.05) is 12.1 Å². The van der Waals surface area contributed by atoms with Crippen LogP contribution in [-0.4, -0.2) is 20.7 Å². The summed E-state index contributed by atoms with van der Waals surface area (Å²) >= 11 is 0. The summed E-state index contributed by atoms with van der Waals surface area (Å²) < 4.78 is 14.8. The number of rotatable bonds is 6. The monoisotopic (exact) mass is 400 g/mol. The summed E-state index contributed by atoms with van der Waals surface area (Å²) in [5, 5.41) is 7.21. The lowest BCUT2D eigenvalue weighted by Gasteiger charge is -2.08. The number of hydrogen-bond acceptors (Lipinski definition) is 3. The van der Waals surface area contributed by atoms with Gasteiger partial charge in [-0.05, 0) is 54.8 Å². The highest BCUT2D eigenvalue weighted by atomic mass is 19.1. The van der Waals surface area contributed by atoms with E-state index in [1.165, 1.54) is 29.8 Å². The molecule has 1 heterocycles. The number of hydrogen-bond donors (Lipinski definition) is 1. The summed E-state index contributed by atoms with van der Waals surface area (Å²) in [6.45, 7) is 2.00. The van der Waals surface area contributed by atoms with Crippen molar-refractivity contribution in [2.24, 2.45) is 0 Å². The lowest BCUT2D eigenvalue weighted by atomic mass is 10.1. The minimum absolute atomic E-state index is 0.0747. The maximum absolute atomic E-state index is 13.1. The fourth-order valence-corrected chi connectivity index (χ4v) is 3.22. The molecule has 0 aliphatic carbocycles. The Labute approximate surface area is 174 Å². The number of halogens is 1. The van der Waals surface area contributed by atoms with Crippen LogP contribution < -0.4 is 5.32 Å². The molecule has 0 spiro atoms. The van der Waals surface area contributed by atoms with Gasteiger partial charge in [-0.25, -0.2) is 14.1 Å². The van der Waals surface area contributed by atoms with Crippen molar-refractivity contribution < 1.29 is 9.18 Å². The summed E-state index contributed by atoms with van der Waals surface area (Å²) in [5.41, 5.74) is 3.59. The van der Waals surface area contributed by atoms with Crippen LogP contribution in [0.25, 0.3) is 5.69 Å². The van der Waals surface area contributed by atoms with Gasteiger partial charge in [-0.2, -0.15) is 0 Å². The molecule has 0 bridgehead atoms. The summed E-state index contributed by atoms with van der Waals surface area (Å²) in [4.78, 5) is 17.2. The first-order chi connectivity index (χ1) is 14.6. The molecule has 6 heteroatoms. The van der Waals surface area contributed by atoms with Crippen molar-refractivity contribution >= 4 is 11.6 Å². The zero-order valence-electron chi connectivity index (χ0n) is 16.5. The van der Waals surface area contributed by atoms with Crippen LogP contribution in [-0.2, 0) is 12.8 Å². The first-order valence-corrected chi connectivity index (χ1v) is 9.73. The smallest absolute Gasteiger partial charge is 0.295 e. The molecule has 0 atom stereocenters. The molecule has 5 nitrogen and oxygen atoms in total. The fraction of sp³-hybridized carbons (Fsp3) is 0.125. The van der Waals surface area contributed by atoms with Crippen molar-refractivity contribution in [3.8, 4) is 5.69 Å². The molecule has 150 valence electrons. The molecular weight excluding hydrogens is 379 g/mol. The highest BCUT2D eigenvalue weighted by Crippen LogP contribution is 2.17. The van der Waals surface area contributed by atoms with Gasteiger partial charge >= 0.3 is 0 Å². The van der Waals surface area contributed by atoms with Crippen LogP contribution in [0, 0.1) is 12.7 Å². The number of anilines is 1. The van der Waals surface area contributed by atoms with Gasteiger partial charge in [-0.3, -0.25) is 4.79 Å². The van der Waals surface area contributed by atoms with E-state index in [1.807, 2.05) is 49.4 Å². The molecule has 0 fully saturated rings. The average Bonchev–Trinajstić information content (AvgIpc) is 3.19. The third-order valence-electron chi connectivity index (χ3n) is 4.80. The van der Waals surface area contributed by atoms with Gasteiger partial charge in [0.05, 0.1) is 5.69 Å². The van der Waals surface area contributed by atoms with Gasteiger partial charge in [-0.1, -0.05) is 48.5 Å². The van der Waals surface area contributed by atoms with Gasteiger partial charge in [0.1, 0.15) is 11.6 Å². The molecule has 0 radical (unpaired) electrons. The second kappa shape index (κ2) is 8.69. The predicted molar refractivity (Wildman–Crippen MR) is 114 cm³/mol. The third kappa shape index (κ3) is 4.43. The largest absolute Gasteiger partial charge is 0.319 e. The van der Waals surface area contributed by atoms with Crippen LogP contribution in [0.3, 0.4) is 0 Å². The Bertz CT molecular complexity index is 1150. The van der Waals surface area contributed by atoms with Crippen molar-refractivity contribution in [2.45, 2.75) is 19.8 Å². The maximum Gasteiger partial charge on any atom is 0.295 e. The molecule has 1 aromatic heterocycles. The van der Waals surface area contributed by atoms with E-state index >= 15 is 0 Å². The lowest BCUT2D eigenvalue weighted by Crippen LogP contribution is -2.14. The highest BCUT2D eigenvalue weighted by molar-refractivity contribution is 6.01. The number of para-hydroxylation sites is 1. The van der Waals surface area contributed by atoms with Gasteiger partial charge in [-0.15, -0.1) is 5.10 Å². The molecular formula is C24H21FN4O. The molecule has 0 saturated heterocycles. The van der Waals surface area contributed by atoms with Crippen molar-refractivity contribution in [3.05, 3.63) is 107 Å². The second-order valence-electron chi connectivity index (χ2n) is 7.00. The van der Waals surface area contributed by atoms with Crippen LogP contribution in [0.5, 0.6) is 0 Å². The molecule has 0 saturated carbocycles. The molecule has 3 aromatic carbocycles. The van der Waals surface area contributed by atoms with Crippen LogP contribution in [0.1, 0.15) is 27.6 Å². The normalized spacial score (nSPS) is 10.7. The number of nitrogens with one attached hydrogen (secondary N) is 1. The maximum atomic E-state index is 13.1. The fourth-order valence-electron chi connectivity index (χ4n) is 3.22. The number of carbonyl (C=O) groups is 1.